The van der Waals surface area contributed by atoms with Crippen LogP contribution in [0.3, 0.4) is 0 Å². The first-order chi connectivity index (χ1) is 6.22. The van der Waals surface area contributed by atoms with E-state index in [1.165, 1.54) is 23.7 Å². The molecule has 0 amide bonds. The van der Waals surface area contributed by atoms with Gasteiger partial charge in [-0.1, -0.05) is 0 Å². The number of hydrogen-bond acceptors (Lipinski definition) is 6. The maximum Gasteiger partial charge on any atom is 0.315 e. The van der Waals surface area contributed by atoms with Crippen molar-refractivity contribution in [1.82, 2.24) is 20.2 Å². The number of esters is 1. The van der Waals surface area contributed by atoms with Gasteiger partial charge in [-0.2, -0.15) is 4.80 Å². The lowest BCUT2D eigenvalue weighted by molar-refractivity contribution is -0.137. The fraction of sp³-hybridized carbons (Fsp3) is 0.667. The van der Waals surface area contributed by atoms with Crippen LogP contribution in [0, 0.1) is 6.92 Å². The van der Waals surface area contributed by atoms with Crippen molar-refractivity contribution in [2.75, 3.05) is 12.9 Å². The molecule has 0 aliphatic carbocycles. The largest absolute Gasteiger partial charge is 0.468 e. The van der Waals surface area contributed by atoms with Crippen LogP contribution in [-0.2, 0) is 15.4 Å². The molecular weight excluding hydrogens is 192 g/mol. The molecule has 1 rings (SSSR count). The summed E-state index contributed by atoms with van der Waals surface area (Å²) in [5, 5.41) is 11.4. The average Bonchev–Trinajstić information content (AvgIpc) is 2.51. The summed E-state index contributed by atoms with van der Waals surface area (Å²) in [5.41, 5.74) is 0. The van der Waals surface area contributed by atoms with E-state index in [-0.39, 0.29) is 5.97 Å². The minimum absolute atomic E-state index is 0.248. The number of hydrogen-bond donors (Lipinski definition) is 0. The fourth-order valence-corrected chi connectivity index (χ4v) is 1.30. The Balaban J connectivity index is 2.24. The molecule has 0 radical (unpaired) electrons. The highest BCUT2D eigenvalue weighted by molar-refractivity contribution is 7.98. The fourth-order valence-electron chi connectivity index (χ4n) is 0.648. The molecule has 0 spiro atoms. The predicted octanol–water partition coefficient (Wildman–Crippen LogP) is -0.155. The van der Waals surface area contributed by atoms with Crippen LogP contribution < -0.4 is 0 Å². The number of ether oxygens (including phenoxy) is 1. The van der Waals surface area contributed by atoms with Crippen LogP contribution in [0.4, 0.5) is 0 Å². The summed E-state index contributed by atoms with van der Waals surface area (Å²) in [5.74, 6) is 1.19. The van der Waals surface area contributed by atoms with Crippen molar-refractivity contribution < 1.29 is 9.53 Å². The van der Waals surface area contributed by atoms with Gasteiger partial charge in [-0.15, -0.1) is 22.0 Å². The van der Waals surface area contributed by atoms with Crippen LogP contribution in [0.1, 0.15) is 5.82 Å². The quantitative estimate of drug-likeness (QED) is 0.632. The zero-order valence-corrected chi connectivity index (χ0v) is 8.24. The molecule has 1 aromatic heterocycles. The zero-order valence-electron chi connectivity index (χ0n) is 7.43. The number of thioether (sulfide) groups is 1. The Morgan fingerprint density at radius 3 is 3.00 bits per heavy atom. The number of aromatic nitrogens is 4. The molecule has 1 heterocycles. The van der Waals surface area contributed by atoms with Crippen LogP contribution in [0.2, 0.25) is 0 Å². The summed E-state index contributed by atoms with van der Waals surface area (Å²) in [4.78, 5) is 12.1. The maximum absolute atomic E-state index is 10.7. The van der Waals surface area contributed by atoms with E-state index in [1.54, 1.807) is 6.92 Å². The Morgan fingerprint density at radius 2 is 2.46 bits per heavy atom. The molecule has 0 N–H and O–H groups in total. The van der Waals surface area contributed by atoms with Crippen molar-refractivity contribution in [3.05, 3.63) is 5.82 Å². The third-order valence-electron chi connectivity index (χ3n) is 1.21. The van der Waals surface area contributed by atoms with Gasteiger partial charge in [0.1, 0.15) is 5.88 Å². The second kappa shape index (κ2) is 4.80. The van der Waals surface area contributed by atoms with Gasteiger partial charge in [0.05, 0.1) is 12.9 Å². The predicted molar refractivity (Wildman–Crippen MR) is 47.0 cm³/mol. The van der Waals surface area contributed by atoms with Crippen molar-refractivity contribution in [3.63, 3.8) is 0 Å². The molecule has 7 heteroatoms. The van der Waals surface area contributed by atoms with Crippen molar-refractivity contribution >= 4 is 17.7 Å². The summed E-state index contributed by atoms with van der Waals surface area (Å²) in [6, 6.07) is 0. The van der Waals surface area contributed by atoms with E-state index in [9.17, 15) is 4.79 Å². The molecule has 1 aromatic rings. The van der Waals surface area contributed by atoms with Gasteiger partial charge in [0.15, 0.2) is 5.82 Å². The van der Waals surface area contributed by atoms with Gasteiger partial charge in [-0.25, -0.2) is 0 Å². The molecule has 0 atom stereocenters. The van der Waals surface area contributed by atoms with E-state index >= 15 is 0 Å². The normalized spacial score (nSPS) is 10.0. The van der Waals surface area contributed by atoms with E-state index < -0.39 is 0 Å². The highest BCUT2D eigenvalue weighted by Gasteiger charge is 2.01. The topological polar surface area (TPSA) is 69.9 Å². The smallest absolute Gasteiger partial charge is 0.315 e. The van der Waals surface area contributed by atoms with E-state index in [0.29, 0.717) is 17.5 Å². The van der Waals surface area contributed by atoms with Crippen molar-refractivity contribution in [3.8, 4) is 0 Å². The van der Waals surface area contributed by atoms with Crippen LogP contribution in [-0.4, -0.2) is 39.0 Å². The second-order valence-electron chi connectivity index (χ2n) is 2.26. The number of nitrogens with zero attached hydrogens (tertiary/aromatic N) is 4. The lowest BCUT2D eigenvalue weighted by Crippen LogP contribution is -2.06. The zero-order chi connectivity index (χ0) is 9.68. The monoisotopic (exact) mass is 202 g/mol. The summed E-state index contributed by atoms with van der Waals surface area (Å²) < 4.78 is 4.47. The van der Waals surface area contributed by atoms with Crippen LogP contribution in [0.5, 0.6) is 0 Å². The van der Waals surface area contributed by atoms with E-state index in [0.717, 1.165) is 0 Å². The summed E-state index contributed by atoms with van der Waals surface area (Å²) in [6.07, 6.45) is 0. The number of methoxy groups -OCH3 is 1. The molecule has 72 valence electrons. The Kier molecular flexibility index (Phi) is 3.69. The molecule has 0 saturated carbocycles. The third-order valence-corrected chi connectivity index (χ3v) is 2.06. The summed E-state index contributed by atoms with van der Waals surface area (Å²) in [7, 11) is 1.36. The summed E-state index contributed by atoms with van der Waals surface area (Å²) >= 11 is 1.38. The standard InChI is InChI=1S/C6H10N4O2S/c1-5-7-9-10(8-5)4-13-3-6(11)12-2/h3-4H2,1-2H3. The summed E-state index contributed by atoms with van der Waals surface area (Å²) in [6.45, 7) is 1.76. The van der Waals surface area contributed by atoms with Gasteiger partial charge in [-0.05, 0) is 12.1 Å². The molecule has 6 nitrogen and oxygen atoms in total. The number of aryl methyl sites for hydroxylation is 1. The molecule has 0 aromatic carbocycles. The Labute approximate surface area is 79.6 Å². The van der Waals surface area contributed by atoms with Gasteiger partial charge >= 0.3 is 5.97 Å². The first-order valence-electron chi connectivity index (χ1n) is 3.61. The average molecular weight is 202 g/mol. The number of rotatable bonds is 4. The number of carbonyl (C=O) groups excluding carboxylic acids is 1. The van der Waals surface area contributed by atoms with Crippen LogP contribution >= 0.6 is 11.8 Å². The Bertz CT molecular complexity index is 288. The lowest BCUT2D eigenvalue weighted by atomic mass is 10.8. The van der Waals surface area contributed by atoms with Crippen LogP contribution in [0.25, 0.3) is 0 Å². The molecule has 0 bridgehead atoms. The van der Waals surface area contributed by atoms with Crippen molar-refractivity contribution in [1.29, 1.82) is 0 Å². The highest BCUT2D eigenvalue weighted by Crippen LogP contribution is 2.02. The second-order valence-corrected chi connectivity index (χ2v) is 3.22. The third kappa shape index (κ3) is 3.41. The molecule has 0 aliphatic rings. The first kappa shape index (κ1) is 9.97. The van der Waals surface area contributed by atoms with Gasteiger partial charge in [-0.3, -0.25) is 4.79 Å². The minimum Gasteiger partial charge on any atom is -0.468 e. The Hall–Kier alpha value is -1.11. The SMILES string of the molecule is COC(=O)CSCn1nnc(C)n1. The lowest BCUT2D eigenvalue weighted by Gasteiger charge is -1.97. The van der Waals surface area contributed by atoms with Crippen molar-refractivity contribution in [2.45, 2.75) is 12.8 Å². The number of carbonyl (C=O) groups is 1. The van der Waals surface area contributed by atoms with Gasteiger partial charge < -0.3 is 4.74 Å². The molecule has 0 saturated heterocycles. The molecule has 13 heavy (non-hydrogen) atoms. The minimum atomic E-state index is -0.248. The van der Waals surface area contributed by atoms with E-state index in [4.69, 9.17) is 0 Å². The molecular formula is C6H10N4O2S. The van der Waals surface area contributed by atoms with E-state index in [2.05, 4.69) is 20.1 Å². The number of tetrazole rings is 1. The first-order valence-corrected chi connectivity index (χ1v) is 4.77. The van der Waals surface area contributed by atoms with Crippen LogP contribution in [0.15, 0.2) is 0 Å². The maximum atomic E-state index is 10.7. The van der Waals surface area contributed by atoms with Crippen molar-refractivity contribution in [2.24, 2.45) is 0 Å². The van der Waals surface area contributed by atoms with Gasteiger partial charge in [0, 0.05) is 0 Å². The van der Waals surface area contributed by atoms with Gasteiger partial charge in [0.25, 0.3) is 0 Å². The highest BCUT2D eigenvalue weighted by atomic mass is 32.2. The van der Waals surface area contributed by atoms with Gasteiger partial charge in [0.2, 0.25) is 0 Å². The molecule has 0 fully saturated rings. The molecule has 0 unspecified atom stereocenters. The molecule has 0 aliphatic heterocycles. The van der Waals surface area contributed by atoms with E-state index in [1.807, 2.05) is 0 Å². The Morgan fingerprint density at radius 1 is 1.69 bits per heavy atom.